The lowest BCUT2D eigenvalue weighted by Crippen LogP contribution is -2.37. The summed E-state index contributed by atoms with van der Waals surface area (Å²) in [6, 6.07) is 0. The van der Waals surface area contributed by atoms with Crippen molar-refractivity contribution in [2.75, 3.05) is 6.54 Å². The van der Waals surface area contributed by atoms with Crippen molar-refractivity contribution in [2.45, 2.75) is 38.3 Å². The molecule has 1 rings (SSSR count). The molecule has 0 aromatic carbocycles. The second kappa shape index (κ2) is 4.66. The zero-order valence-electron chi connectivity index (χ0n) is 7.86. The Hall–Kier alpha value is -0.740. The highest BCUT2D eigenvalue weighted by atomic mass is 19.4. The molecule has 82 valence electrons. The number of hydrogen-bond acceptors (Lipinski definition) is 1. The summed E-state index contributed by atoms with van der Waals surface area (Å²) in [5.41, 5.74) is 0. The average molecular weight is 209 g/mol. The molecule has 1 saturated carbocycles. The minimum Gasteiger partial charge on any atom is -0.348 e. The Balaban J connectivity index is 1.94. The molecule has 0 bridgehead atoms. The number of hydrogen-bond donors (Lipinski definition) is 1. The molecule has 0 unspecified atom stereocenters. The van der Waals surface area contributed by atoms with E-state index in [0.29, 0.717) is 6.42 Å². The Morgan fingerprint density at radius 1 is 1.29 bits per heavy atom. The van der Waals surface area contributed by atoms with E-state index < -0.39 is 12.1 Å². The number of carbonyl (C=O) groups excluding carboxylic acids is 1. The predicted octanol–water partition coefficient (Wildman–Crippen LogP) is 2.25. The van der Waals surface area contributed by atoms with Gasteiger partial charge in [-0.05, 0) is 12.3 Å². The van der Waals surface area contributed by atoms with Crippen LogP contribution >= 0.6 is 0 Å². The maximum atomic E-state index is 11.7. The number of amides is 1. The number of rotatable bonds is 5. The van der Waals surface area contributed by atoms with Gasteiger partial charge >= 0.3 is 12.1 Å². The number of nitrogens with one attached hydrogen (secondary N) is 1. The van der Waals surface area contributed by atoms with Crippen LogP contribution in [0.4, 0.5) is 13.2 Å². The molecule has 0 aromatic rings. The maximum absolute atomic E-state index is 11.7. The molecular weight excluding hydrogens is 195 g/mol. The fourth-order valence-corrected chi connectivity index (χ4v) is 1.27. The van der Waals surface area contributed by atoms with E-state index in [1.165, 1.54) is 12.8 Å². The van der Waals surface area contributed by atoms with Gasteiger partial charge in [0.15, 0.2) is 0 Å². The average Bonchev–Trinajstić information content (AvgIpc) is 2.85. The summed E-state index contributed by atoms with van der Waals surface area (Å²) in [5.74, 6) is -1.03. The molecule has 0 atom stereocenters. The van der Waals surface area contributed by atoms with Crippen LogP contribution in [0.15, 0.2) is 0 Å². The van der Waals surface area contributed by atoms with Gasteiger partial charge in [-0.25, -0.2) is 0 Å². The Bertz CT molecular complexity index is 199. The molecule has 0 radical (unpaired) electrons. The quantitative estimate of drug-likeness (QED) is 0.691. The monoisotopic (exact) mass is 209 g/mol. The van der Waals surface area contributed by atoms with Crippen molar-refractivity contribution in [3.63, 3.8) is 0 Å². The van der Waals surface area contributed by atoms with Crippen LogP contribution in [-0.4, -0.2) is 18.6 Å². The number of alkyl halides is 3. The van der Waals surface area contributed by atoms with E-state index in [9.17, 15) is 18.0 Å². The molecule has 0 saturated heterocycles. The Morgan fingerprint density at radius 3 is 2.43 bits per heavy atom. The van der Waals surface area contributed by atoms with E-state index in [2.05, 4.69) is 0 Å². The highest BCUT2D eigenvalue weighted by Crippen LogP contribution is 2.33. The normalized spacial score (nSPS) is 16.8. The van der Waals surface area contributed by atoms with Crippen molar-refractivity contribution in [2.24, 2.45) is 5.92 Å². The minimum absolute atomic E-state index is 0.130. The van der Waals surface area contributed by atoms with E-state index in [1.54, 1.807) is 0 Å². The number of unbranched alkanes of at least 4 members (excludes halogenated alkanes) is 1. The van der Waals surface area contributed by atoms with Gasteiger partial charge in [-0.15, -0.1) is 0 Å². The standard InChI is InChI=1S/C9H14F3NO/c10-9(11,12)8(14)13-6-2-1-3-7-4-5-7/h7H,1-6H2,(H,13,14). The molecule has 14 heavy (non-hydrogen) atoms. The third kappa shape index (κ3) is 4.48. The lowest BCUT2D eigenvalue weighted by atomic mass is 10.2. The summed E-state index contributed by atoms with van der Waals surface area (Å²) in [6.07, 6.45) is 0.406. The highest BCUT2D eigenvalue weighted by Gasteiger charge is 2.38. The van der Waals surface area contributed by atoms with Crippen LogP contribution in [-0.2, 0) is 4.79 Å². The predicted molar refractivity (Wildman–Crippen MR) is 45.6 cm³/mol. The summed E-state index contributed by atoms with van der Waals surface area (Å²) in [7, 11) is 0. The first-order valence-electron chi connectivity index (χ1n) is 4.85. The lowest BCUT2D eigenvalue weighted by Gasteiger charge is -2.07. The van der Waals surface area contributed by atoms with Gasteiger partial charge in [-0.1, -0.05) is 25.7 Å². The zero-order chi connectivity index (χ0) is 10.6. The van der Waals surface area contributed by atoms with Crippen LogP contribution in [0.2, 0.25) is 0 Å². The molecule has 1 fully saturated rings. The smallest absolute Gasteiger partial charge is 0.348 e. The molecule has 1 aliphatic rings. The van der Waals surface area contributed by atoms with Crippen molar-refractivity contribution >= 4 is 5.91 Å². The molecule has 0 spiro atoms. The van der Waals surface area contributed by atoms with E-state index in [0.717, 1.165) is 18.8 Å². The second-order valence-corrected chi connectivity index (χ2v) is 3.69. The van der Waals surface area contributed by atoms with E-state index in [-0.39, 0.29) is 6.54 Å². The largest absolute Gasteiger partial charge is 0.471 e. The third-order valence-corrected chi connectivity index (χ3v) is 2.28. The summed E-state index contributed by atoms with van der Waals surface area (Å²) in [6.45, 7) is 0.130. The topological polar surface area (TPSA) is 29.1 Å². The Morgan fingerprint density at radius 2 is 1.93 bits per heavy atom. The molecule has 2 nitrogen and oxygen atoms in total. The minimum atomic E-state index is -4.74. The summed E-state index contributed by atoms with van der Waals surface area (Å²) >= 11 is 0. The molecule has 1 N–H and O–H groups in total. The number of carbonyl (C=O) groups is 1. The Labute approximate surface area is 80.9 Å². The SMILES string of the molecule is O=C(NCCCCC1CC1)C(F)(F)F. The molecule has 5 heteroatoms. The van der Waals surface area contributed by atoms with Gasteiger partial charge in [0, 0.05) is 6.54 Å². The highest BCUT2D eigenvalue weighted by molar-refractivity contribution is 5.81. The van der Waals surface area contributed by atoms with Crippen LogP contribution in [0, 0.1) is 5.92 Å². The summed E-state index contributed by atoms with van der Waals surface area (Å²) < 4.78 is 35.1. The summed E-state index contributed by atoms with van der Waals surface area (Å²) in [5, 5.41) is 1.85. The summed E-state index contributed by atoms with van der Waals surface area (Å²) in [4.78, 5) is 10.3. The van der Waals surface area contributed by atoms with Gasteiger partial charge in [0.2, 0.25) is 0 Å². The molecule has 0 aromatic heterocycles. The zero-order valence-corrected chi connectivity index (χ0v) is 7.86. The van der Waals surface area contributed by atoms with E-state index >= 15 is 0 Å². The molecule has 1 amide bonds. The third-order valence-electron chi connectivity index (χ3n) is 2.28. The van der Waals surface area contributed by atoms with Gasteiger partial charge in [0.1, 0.15) is 0 Å². The van der Waals surface area contributed by atoms with Gasteiger partial charge in [-0.3, -0.25) is 4.79 Å². The van der Waals surface area contributed by atoms with E-state index in [4.69, 9.17) is 0 Å². The van der Waals surface area contributed by atoms with Crippen molar-refractivity contribution in [1.82, 2.24) is 5.32 Å². The Kier molecular flexibility index (Phi) is 3.77. The van der Waals surface area contributed by atoms with E-state index in [1.807, 2.05) is 5.32 Å². The first-order valence-corrected chi connectivity index (χ1v) is 4.85. The van der Waals surface area contributed by atoms with Gasteiger partial charge in [0.05, 0.1) is 0 Å². The van der Waals surface area contributed by atoms with Crippen LogP contribution in [0.25, 0.3) is 0 Å². The first kappa shape index (κ1) is 11.3. The lowest BCUT2D eigenvalue weighted by molar-refractivity contribution is -0.173. The van der Waals surface area contributed by atoms with Crippen LogP contribution in [0.3, 0.4) is 0 Å². The van der Waals surface area contributed by atoms with Gasteiger partial charge in [-0.2, -0.15) is 13.2 Å². The van der Waals surface area contributed by atoms with Crippen LogP contribution in [0.5, 0.6) is 0 Å². The van der Waals surface area contributed by atoms with Crippen molar-refractivity contribution in [3.8, 4) is 0 Å². The van der Waals surface area contributed by atoms with Crippen LogP contribution in [0.1, 0.15) is 32.1 Å². The van der Waals surface area contributed by atoms with Crippen molar-refractivity contribution in [3.05, 3.63) is 0 Å². The fraction of sp³-hybridized carbons (Fsp3) is 0.889. The van der Waals surface area contributed by atoms with Gasteiger partial charge < -0.3 is 5.32 Å². The fourth-order valence-electron chi connectivity index (χ4n) is 1.27. The number of halogens is 3. The second-order valence-electron chi connectivity index (χ2n) is 3.69. The molecule has 0 heterocycles. The van der Waals surface area contributed by atoms with Crippen molar-refractivity contribution < 1.29 is 18.0 Å². The van der Waals surface area contributed by atoms with Crippen molar-refractivity contribution in [1.29, 1.82) is 0 Å². The molecule has 0 aliphatic heterocycles. The van der Waals surface area contributed by atoms with Gasteiger partial charge in [0.25, 0.3) is 0 Å². The first-order chi connectivity index (χ1) is 6.50. The van der Waals surface area contributed by atoms with Crippen LogP contribution < -0.4 is 5.32 Å². The molecule has 1 aliphatic carbocycles. The molecular formula is C9H14F3NO. The maximum Gasteiger partial charge on any atom is 0.471 e.